The molecule has 3 rings (SSSR count). The van der Waals surface area contributed by atoms with Crippen molar-refractivity contribution in [2.45, 2.75) is 19.4 Å². The molecule has 0 fully saturated rings. The first-order valence-electron chi connectivity index (χ1n) is 6.98. The van der Waals surface area contributed by atoms with Crippen molar-refractivity contribution >= 4 is 10.9 Å². The number of aliphatic hydroxyl groups is 1. The first-order valence-corrected chi connectivity index (χ1v) is 6.98. The maximum atomic E-state index is 13.7. The molecule has 0 aliphatic heterocycles. The lowest BCUT2D eigenvalue weighted by molar-refractivity contribution is 0.0786. The number of nitrogens with one attached hydrogen (secondary N) is 1. The van der Waals surface area contributed by atoms with Crippen molar-refractivity contribution in [1.82, 2.24) is 9.97 Å². The first-order chi connectivity index (χ1) is 10.8. The summed E-state index contributed by atoms with van der Waals surface area (Å²) in [6.45, 7) is 3.32. The van der Waals surface area contributed by atoms with Crippen LogP contribution in [0.25, 0.3) is 22.3 Å². The van der Waals surface area contributed by atoms with E-state index in [0.717, 1.165) is 6.07 Å². The second kappa shape index (κ2) is 5.24. The van der Waals surface area contributed by atoms with Crippen molar-refractivity contribution in [3.8, 4) is 11.4 Å². The number of hydrogen-bond acceptors (Lipinski definition) is 3. The Morgan fingerprint density at radius 1 is 1.09 bits per heavy atom. The topological polar surface area (TPSA) is 66.0 Å². The van der Waals surface area contributed by atoms with Crippen LogP contribution in [0, 0.1) is 11.6 Å². The van der Waals surface area contributed by atoms with Gasteiger partial charge in [-0.1, -0.05) is 24.3 Å². The van der Waals surface area contributed by atoms with E-state index >= 15 is 0 Å². The van der Waals surface area contributed by atoms with Crippen molar-refractivity contribution < 1.29 is 13.9 Å². The van der Waals surface area contributed by atoms with Gasteiger partial charge in [-0.15, -0.1) is 0 Å². The second-order valence-electron chi connectivity index (χ2n) is 5.81. The zero-order valence-electron chi connectivity index (χ0n) is 12.5. The third-order valence-corrected chi connectivity index (χ3v) is 3.63. The average Bonchev–Trinajstić information content (AvgIpc) is 2.50. The van der Waals surface area contributed by atoms with Crippen molar-refractivity contribution in [2.24, 2.45) is 0 Å². The lowest BCUT2D eigenvalue weighted by Crippen LogP contribution is -2.15. The zero-order chi connectivity index (χ0) is 16.8. The SMILES string of the molecule is CC(C)(O)c1ccc(-c2nc3ccc(F)c(F)c3c(=O)[nH]2)cc1. The van der Waals surface area contributed by atoms with Gasteiger partial charge in [0.25, 0.3) is 5.56 Å². The summed E-state index contributed by atoms with van der Waals surface area (Å²) in [5, 5.41) is 9.54. The van der Waals surface area contributed by atoms with Gasteiger partial charge in [-0.3, -0.25) is 4.79 Å². The van der Waals surface area contributed by atoms with Crippen LogP contribution in [-0.4, -0.2) is 15.1 Å². The number of nitrogens with zero attached hydrogens (tertiary/aromatic N) is 1. The Bertz CT molecular complexity index is 942. The maximum absolute atomic E-state index is 13.7. The monoisotopic (exact) mass is 316 g/mol. The summed E-state index contributed by atoms with van der Waals surface area (Å²) in [4.78, 5) is 18.7. The van der Waals surface area contributed by atoms with Crippen LogP contribution < -0.4 is 5.56 Å². The molecule has 0 saturated carbocycles. The third-order valence-electron chi connectivity index (χ3n) is 3.63. The minimum atomic E-state index is -1.21. The summed E-state index contributed by atoms with van der Waals surface area (Å²) in [6.07, 6.45) is 0. The fourth-order valence-electron chi connectivity index (χ4n) is 2.34. The van der Waals surface area contributed by atoms with Crippen LogP contribution in [0.1, 0.15) is 19.4 Å². The second-order valence-corrected chi connectivity index (χ2v) is 5.81. The highest BCUT2D eigenvalue weighted by Gasteiger charge is 2.17. The molecule has 3 aromatic rings. The van der Waals surface area contributed by atoms with Gasteiger partial charge >= 0.3 is 0 Å². The quantitative estimate of drug-likeness (QED) is 0.763. The predicted octanol–water partition coefficient (Wildman–Crippen LogP) is 3.10. The molecular weight excluding hydrogens is 302 g/mol. The molecule has 0 bridgehead atoms. The van der Waals surface area contributed by atoms with Crippen molar-refractivity contribution in [1.29, 1.82) is 0 Å². The fourth-order valence-corrected chi connectivity index (χ4v) is 2.34. The normalized spacial score (nSPS) is 11.9. The fraction of sp³-hybridized carbons (Fsp3) is 0.176. The minimum Gasteiger partial charge on any atom is -0.386 e. The van der Waals surface area contributed by atoms with Gasteiger partial charge in [-0.25, -0.2) is 13.8 Å². The van der Waals surface area contributed by atoms with E-state index in [-0.39, 0.29) is 11.3 Å². The summed E-state index contributed by atoms with van der Waals surface area (Å²) in [5.74, 6) is -2.05. The van der Waals surface area contributed by atoms with Crippen LogP contribution >= 0.6 is 0 Å². The predicted molar refractivity (Wildman–Crippen MR) is 83.0 cm³/mol. The first kappa shape index (κ1) is 15.3. The van der Waals surface area contributed by atoms with Crippen molar-refractivity contribution in [2.75, 3.05) is 0 Å². The number of aromatic amines is 1. The van der Waals surface area contributed by atoms with Crippen LogP contribution in [0.3, 0.4) is 0 Å². The third kappa shape index (κ3) is 2.73. The molecule has 2 aromatic carbocycles. The Kier molecular flexibility index (Phi) is 3.49. The highest BCUT2D eigenvalue weighted by atomic mass is 19.2. The molecule has 1 heterocycles. The number of H-pyrrole nitrogens is 1. The summed E-state index contributed by atoms with van der Waals surface area (Å²) >= 11 is 0. The number of halogens is 2. The Balaban J connectivity index is 2.14. The van der Waals surface area contributed by atoms with E-state index in [0.29, 0.717) is 11.1 Å². The van der Waals surface area contributed by atoms with Crippen molar-refractivity contribution in [3.05, 3.63) is 63.9 Å². The zero-order valence-corrected chi connectivity index (χ0v) is 12.5. The number of hydrogen-bond donors (Lipinski definition) is 2. The lowest BCUT2D eigenvalue weighted by atomic mass is 9.97. The molecule has 2 N–H and O–H groups in total. The Hall–Kier alpha value is -2.60. The van der Waals surface area contributed by atoms with E-state index in [4.69, 9.17) is 0 Å². The Morgan fingerprint density at radius 2 is 1.74 bits per heavy atom. The Morgan fingerprint density at radius 3 is 2.35 bits per heavy atom. The van der Waals surface area contributed by atoms with Crippen LogP contribution in [-0.2, 0) is 5.60 Å². The molecule has 0 saturated heterocycles. The number of fused-ring (bicyclic) bond motifs is 1. The molecule has 23 heavy (non-hydrogen) atoms. The lowest BCUT2D eigenvalue weighted by Gasteiger charge is -2.17. The van der Waals surface area contributed by atoms with E-state index in [1.54, 1.807) is 38.1 Å². The van der Waals surface area contributed by atoms with Gasteiger partial charge in [-0.05, 0) is 31.5 Å². The Labute approximate surface area is 130 Å². The van der Waals surface area contributed by atoms with Crippen LogP contribution in [0.4, 0.5) is 8.78 Å². The molecule has 4 nitrogen and oxygen atoms in total. The van der Waals surface area contributed by atoms with Gasteiger partial charge in [0, 0.05) is 5.56 Å². The summed E-state index contributed by atoms with van der Waals surface area (Å²) < 4.78 is 26.9. The molecule has 118 valence electrons. The van der Waals surface area contributed by atoms with E-state index in [1.165, 1.54) is 6.07 Å². The van der Waals surface area contributed by atoms with Crippen LogP contribution in [0.2, 0.25) is 0 Å². The van der Waals surface area contributed by atoms with E-state index in [9.17, 15) is 18.7 Å². The molecule has 0 aliphatic rings. The summed E-state index contributed by atoms with van der Waals surface area (Å²) in [7, 11) is 0. The highest BCUT2D eigenvalue weighted by molar-refractivity contribution is 5.80. The van der Waals surface area contributed by atoms with Crippen LogP contribution in [0.5, 0.6) is 0 Å². The van der Waals surface area contributed by atoms with E-state index in [1.807, 2.05) is 0 Å². The smallest absolute Gasteiger partial charge is 0.262 e. The summed E-state index contributed by atoms with van der Waals surface area (Å²) in [6, 6.07) is 9.01. The van der Waals surface area contributed by atoms with Gasteiger partial charge in [0.15, 0.2) is 11.6 Å². The molecule has 0 aliphatic carbocycles. The molecule has 0 amide bonds. The van der Waals surface area contributed by atoms with Gasteiger partial charge in [0.05, 0.1) is 11.1 Å². The van der Waals surface area contributed by atoms with Gasteiger partial charge in [0.1, 0.15) is 11.2 Å². The van der Waals surface area contributed by atoms with Gasteiger partial charge in [0.2, 0.25) is 0 Å². The average molecular weight is 316 g/mol. The molecule has 0 atom stereocenters. The molecule has 6 heteroatoms. The molecule has 1 aromatic heterocycles. The minimum absolute atomic E-state index is 0.0780. The van der Waals surface area contributed by atoms with E-state index in [2.05, 4.69) is 9.97 Å². The molecule has 0 spiro atoms. The number of benzene rings is 2. The largest absolute Gasteiger partial charge is 0.386 e. The van der Waals surface area contributed by atoms with E-state index < -0.39 is 28.2 Å². The summed E-state index contributed by atoms with van der Waals surface area (Å²) in [5.41, 5.74) is -0.342. The van der Waals surface area contributed by atoms with Gasteiger partial charge < -0.3 is 10.1 Å². The standard InChI is InChI=1S/C17H14F2N2O2/c1-17(2,23)10-5-3-9(4-6-10)15-20-12-8-7-11(18)14(19)13(12)16(22)21-15/h3-8,23H,1-2H3,(H,20,21,22). The molecule has 0 radical (unpaired) electrons. The molecule has 0 unspecified atom stereocenters. The number of rotatable bonds is 2. The maximum Gasteiger partial charge on any atom is 0.262 e. The van der Waals surface area contributed by atoms with Crippen LogP contribution in [0.15, 0.2) is 41.2 Å². The molecular formula is C17H14F2N2O2. The van der Waals surface area contributed by atoms with Gasteiger partial charge in [-0.2, -0.15) is 0 Å². The highest BCUT2D eigenvalue weighted by Crippen LogP contribution is 2.24. The van der Waals surface area contributed by atoms with Crippen molar-refractivity contribution in [3.63, 3.8) is 0 Å². The number of aromatic nitrogens is 2.